The molecule has 27 heavy (non-hydrogen) atoms. The molecule has 0 saturated carbocycles. The first-order chi connectivity index (χ1) is 12.4. The zero-order chi connectivity index (χ0) is 20.4. The first-order valence-electron chi connectivity index (χ1n) is 8.50. The van der Waals surface area contributed by atoms with Crippen molar-refractivity contribution in [3.05, 3.63) is 36.0 Å². The van der Waals surface area contributed by atoms with Gasteiger partial charge >= 0.3 is 12.2 Å². The number of halogens is 3. The first-order valence-corrected chi connectivity index (χ1v) is 8.50. The highest BCUT2D eigenvalue weighted by molar-refractivity contribution is 5.64. The molecule has 1 aromatic heterocycles. The summed E-state index contributed by atoms with van der Waals surface area (Å²) in [7, 11) is 1.51. The van der Waals surface area contributed by atoms with Gasteiger partial charge < -0.3 is 14.4 Å². The summed E-state index contributed by atoms with van der Waals surface area (Å²) in [4.78, 5) is 9.08. The fourth-order valence-corrected chi connectivity index (χ4v) is 2.30. The number of nitrogens with zero attached hydrogens (tertiary/aromatic N) is 3. The second-order valence-corrected chi connectivity index (χ2v) is 7.33. The number of alkyl halides is 3. The van der Waals surface area contributed by atoms with Gasteiger partial charge in [-0.15, -0.1) is 0 Å². The normalized spacial score (nSPS) is 12.2. The smallest absolute Gasteiger partial charge is 0.421 e. The van der Waals surface area contributed by atoms with Crippen molar-refractivity contribution in [2.45, 2.75) is 52.5 Å². The number of benzene rings is 1. The SMILES string of the molecule is CC(C)Oc1cccc(N(C)c2nc(OC(C)(C)C)ncc2C(F)(F)F)c1. The van der Waals surface area contributed by atoms with Crippen LogP contribution in [0.2, 0.25) is 0 Å². The molecule has 0 radical (unpaired) electrons. The molecule has 0 spiro atoms. The summed E-state index contributed by atoms with van der Waals surface area (Å²) in [5.74, 6) is 0.265. The van der Waals surface area contributed by atoms with E-state index in [0.717, 1.165) is 6.20 Å². The highest BCUT2D eigenvalue weighted by atomic mass is 19.4. The lowest BCUT2D eigenvalue weighted by molar-refractivity contribution is -0.137. The van der Waals surface area contributed by atoms with Gasteiger partial charge in [-0.05, 0) is 46.8 Å². The fraction of sp³-hybridized carbons (Fsp3) is 0.474. The highest BCUT2D eigenvalue weighted by Gasteiger charge is 2.37. The minimum atomic E-state index is -4.60. The van der Waals surface area contributed by atoms with Gasteiger partial charge in [-0.1, -0.05) is 6.07 Å². The molecule has 148 valence electrons. The molecule has 0 aliphatic carbocycles. The van der Waals surface area contributed by atoms with Crippen molar-refractivity contribution in [3.8, 4) is 11.8 Å². The number of ether oxygens (including phenoxy) is 2. The monoisotopic (exact) mass is 383 g/mol. The first kappa shape index (κ1) is 20.8. The second kappa shape index (κ2) is 7.62. The Bertz CT molecular complexity index is 786. The molecule has 2 rings (SSSR count). The largest absolute Gasteiger partial charge is 0.491 e. The minimum Gasteiger partial charge on any atom is -0.491 e. The minimum absolute atomic E-state index is 0.0536. The Morgan fingerprint density at radius 3 is 2.33 bits per heavy atom. The van der Waals surface area contributed by atoms with Crippen molar-refractivity contribution >= 4 is 11.5 Å². The molecule has 5 nitrogen and oxygen atoms in total. The summed E-state index contributed by atoms with van der Waals surface area (Å²) in [6.07, 6.45) is -3.91. The van der Waals surface area contributed by atoms with Crippen LogP contribution in [0.15, 0.2) is 30.5 Å². The molecule has 0 aliphatic heterocycles. The van der Waals surface area contributed by atoms with E-state index >= 15 is 0 Å². The van der Waals surface area contributed by atoms with E-state index in [9.17, 15) is 13.2 Å². The molecule has 0 unspecified atom stereocenters. The Morgan fingerprint density at radius 1 is 1.11 bits per heavy atom. The number of hydrogen-bond donors (Lipinski definition) is 0. The van der Waals surface area contributed by atoms with E-state index in [2.05, 4.69) is 9.97 Å². The van der Waals surface area contributed by atoms with E-state index in [1.807, 2.05) is 13.8 Å². The zero-order valence-electron chi connectivity index (χ0n) is 16.3. The van der Waals surface area contributed by atoms with Gasteiger partial charge in [-0.2, -0.15) is 18.2 Å². The topological polar surface area (TPSA) is 47.5 Å². The molecule has 2 aromatic rings. The van der Waals surface area contributed by atoms with Crippen molar-refractivity contribution in [1.29, 1.82) is 0 Å². The van der Waals surface area contributed by atoms with Gasteiger partial charge in [0.25, 0.3) is 0 Å². The van der Waals surface area contributed by atoms with E-state index in [0.29, 0.717) is 11.4 Å². The maximum atomic E-state index is 13.5. The molecule has 0 aliphatic rings. The summed E-state index contributed by atoms with van der Waals surface area (Å²) in [6.45, 7) is 9.05. The van der Waals surface area contributed by atoms with Crippen LogP contribution in [0, 0.1) is 0 Å². The Morgan fingerprint density at radius 2 is 1.78 bits per heavy atom. The van der Waals surface area contributed by atoms with Crippen LogP contribution in [0.5, 0.6) is 11.8 Å². The van der Waals surface area contributed by atoms with Gasteiger partial charge in [-0.3, -0.25) is 0 Å². The Hall–Kier alpha value is -2.51. The van der Waals surface area contributed by atoms with Gasteiger partial charge in [0.1, 0.15) is 16.9 Å². The van der Waals surface area contributed by atoms with Crippen LogP contribution >= 0.6 is 0 Å². The summed E-state index contributed by atoms with van der Waals surface area (Å²) in [5.41, 5.74) is -1.08. The molecule has 0 fully saturated rings. The third kappa shape index (κ3) is 5.74. The molecule has 8 heteroatoms. The number of hydrogen-bond acceptors (Lipinski definition) is 5. The lowest BCUT2D eigenvalue weighted by atomic mass is 10.2. The Labute approximate surface area is 157 Å². The van der Waals surface area contributed by atoms with E-state index in [1.54, 1.807) is 45.0 Å². The Kier molecular flexibility index (Phi) is 5.87. The van der Waals surface area contributed by atoms with Gasteiger partial charge in [-0.25, -0.2) is 4.98 Å². The van der Waals surface area contributed by atoms with Gasteiger partial charge in [0, 0.05) is 25.0 Å². The summed E-state index contributed by atoms with van der Waals surface area (Å²) >= 11 is 0. The molecule has 0 N–H and O–H groups in total. The van der Waals surface area contributed by atoms with E-state index in [-0.39, 0.29) is 17.9 Å². The molecule has 0 amide bonds. The lowest BCUT2D eigenvalue weighted by Gasteiger charge is -2.25. The molecule has 0 saturated heterocycles. The Balaban J connectivity index is 2.49. The quantitative estimate of drug-likeness (QED) is 0.708. The van der Waals surface area contributed by atoms with Crippen molar-refractivity contribution in [2.75, 3.05) is 11.9 Å². The van der Waals surface area contributed by atoms with Crippen molar-refractivity contribution < 1.29 is 22.6 Å². The molecule has 1 aromatic carbocycles. The number of rotatable bonds is 5. The third-order valence-electron chi connectivity index (χ3n) is 3.34. The van der Waals surface area contributed by atoms with Gasteiger partial charge in [0.15, 0.2) is 5.82 Å². The van der Waals surface area contributed by atoms with Crippen LogP contribution in [-0.2, 0) is 6.18 Å². The summed E-state index contributed by atoms with van der Waals surface area (Å²) in [5, 5.41) is 0. The average Bonchev–Trinajstić information content (AvgIpc) is 2.51. The van der Waals surface area contributed by atoms with E-state index < -0.39 is 17.3 Å². The fourth-order valence-electron chi connectivity index (χ4n) is 2.30. The molecular formula is C19H24F3N3O2. The highest BCUT2D eigenvalue weighted by Crippen LogP contribution is 2.38. The van der Waals surface area contributed by atoms with Gasteiger partial charge in [0.2, 0.25) is 0 Å². The van der Waals surface area contributed by atoms with Crippen LogP contribution in [0.25, 0.3) is 0 Å². The van der Waals surface area contributed by atoms with Crippen LogP contribution in [0.1, 0.15) is 40.2 Å². The number of aromatic nitrogens is 2. The van der Waals surface area contributed by atoms with Crippen LogP contribution in [-0.4, -0.2) is 28.7 Å². The van der Waals surface area contributed by atoms with E-state index in [4.69, 9.17) is 9.47 Å². The van der Waals surface area contributed by atoms with Crippen LogP contribution in [0.4, 0.5) is 24.7 Å². The van der Waals surface area contributed by atoms with Crippen molar-refractivity contribution in [3.63, 3.8) is 0 Å². The summed E-state index contributed by atoms with van der Waals surface area (Å²) < 4.78 is 51.6. The molecule has 0 bridgehead atoms. The maximum absolute atomic E-state index is 13.5. The molecular weight excluding hydrogens is 359 g/mol. The number of anilines is 2. The van der Waals surface area contributed by atoms with Crippen molar-refractivity contribution in [2.24, 2.45) is 0 Å². The summed E-state index contributed by atoms with van der Waals surface area (Å²) in [6, 6.07) is 6.68. The predicted octanol–water partition coefficient (Wildman–Crippen LogP) is 5.23. The third-order valence-corrected chi connectivity index (χ3v) is 3.34. The maximum Gasteiger partial charge on any atom is 0.421 e. The second-order valence-electron chi connectivity index (χ2n) is 7.33. The zero-order valence-corrected chi connectivity index (χ0v) is 16.3. The molecule has 1 heterocycles. The van der Waals surface area contributed by atoms with Crippen LogP contribution < -0.4 is 14.4 Å². The molecule has 0 atom stereocenters. The van der Waals surface area contributed by atoms with Crippen LogP contribution in [0.3, 0.4) is 0 Å². The van der Waals surface area contributed by atoms with Crippen molar-refractivity contribution in [1.82, 2.24) is 9.97 Å². The average molecular weight is 383 g/mol. The predicted molar refractivity (Wildman–Crippen MR) is 97.7 cm³/mol. The van der Waals surface area contributed by atoms with E-state index in [1.165, 1.54) is 11.9 Å². The van der Waals surface area contributed by atoms with Gasteiger partial charge in [0.05, 0.1) is 6.10 Å². The lowest BCUT2D eigenvalue weighted by Crippen LogP contribution is -2.26. The standard InChI is InChI=1S/C19H24F3N3O2/c1-12(2)26-14-9-7-8-13(10-14)25(6)16-15(19(20,21)22)11-23-17(24-16)27-18(3,4)5/h7-12H,1-6H3.